The average Bonchev–Trinajstić information content (AvgIpc) is 3.03. The highest BCUT2D eigenvalue weighted by Crippen LogP contribution is 2.53. The van der Waals surface area contributed by atoms with Crippen LogP contribution in [0.5, 0.6) is 11.5 Å². The van der Waals surface area contributed by atoms with Gasteiger partial charge in [0.05, 0.1) is 13.1 Å². The maximum absolute atomic E-state index is 5.69. The molecule has 2 heterocycles. The zero-order valence-electron chi connectivity index (χ0n) is 12.0. The van der Waals surface area contributed by atoms with Crippen LogP contribution in [0.4, 0.5) is 0 Å². The van der Waals surface area contributed by atoms with Crippen LogP contribution in [-0.4, -0.2) is 36.8 Å². The molecule has 0 aromatic heterocycles. The van der Waals surface area contributed by atoms with E-state index in [0.717, 1.165) is 29.1 Å². The second-order valence-corrected chi connectivity index (χ2v) is 5.63. The van der Waals surface area contributed by atoms with Crippen molar-refractivity contribution >= 4 is 0 Å². The number of benzene rings is 1. The van der Waals surface area contributed by atoms with E-state index in [1.165, 1.54) is 5.56 Å². The highest BCUT2D eigenvalue weighted by Gasteiger charge is 2.62. The molecule has 1 aromatic carbocycles. The van der Waals surface area contributed by atoms with Gasteiger partial charge in [0.1, 0.15) is 19.3 Å². The molecule has 1 fully saturated rings. The van der Waals surface area contributed by atoms with Crippen molar-refractivity contribution in [2.24, 2.45) is 0 Å². The van der Waals surface area contributed by atoms with Crippen LogP contribution in [0.2, 0.25) is 0 Å². The van der Waals surface area contributed by atoms with Gasteiger partial charge in [-0.15, -0.1) is 0 Å². The highest BCUT2D eigenvalue weighted by molar-refractivity contribution is 5.45. The molecular weight excluding hydrogens is 250 g/mol. The maximum Gasteiger partial charge on any atom is 0.168 e. The van der Waals surface area contributed by atoms with Crippen molar-refractivity contribution in [1.82, 2.24) is 0 Å². The smallest absolute Gasteiger partial charge is 0.168 e. The molecule has 0 unspecified atom stereocenters. The van der Waals surface area contributed by atoms with E-state index >= 15 is 0 Å². The van der Waals surface area contributed by atoms with Crippen LogP contribution in [-0.2, 0) is 0 Å². The molecule has 2 atom stereocenters. The van der Waals surface area contributed by atoms with Crippen molar-refractivity contribution in [3.8, 4) is 11.5 Å². The Hall–Kier alpha value is -1.74. The van der Waals surface area contributed by atoms with Crippen LogP contribution in [0.1, 0.15) is 18.5 Å². The van der Waals surface area contributed by atoms with Gasteiger partial charge in [0.2, 0.25) is 0 Å². The van der Waals surface area contributed by atoms with Gasteiger partial charge >= 0.3 is 0 Å². The summed E-state index contributed by atoms with van der Waals surface area (Å²) in [6.45, 7) is 13.3. The Kier molecular flexibility index (Phi) is 3.30. The van der Waals surface area contributed by atoms with E-state index in [2.05, 4.69) is 32.2 Å². The van der Waals surface area contributed by atoms with Gasteiger partial charge in [0, 0.05) is 5.56 Å². The lowest BCUT2D eigenvalue weighted by Gasteiger charge is -2.20. The van der Waals surface area contributed by atoms with Gasteiger partial charge in [0.25, 0.3) is 0 Å². The predicted molar refractivity (Wildman–Crippen MR) is 80.0 cm³/mol. The molecule has 0 bridgehead atoms. The minimum Gasteiger partial charge on any atom is -0.486 e. The summed E-state index contributed by atoms with van der Waals surface area (Å²) < 4.78 is 12.3. The van der Waals surface area contributed by atoms with Gasteiger partial charge in [0.15, 0.2) is 17.5 Å². The monoisotopic (exact) mass is 272 g/mol. The standard InChI is InChI=1S/C17H22NO2/c1-4-8-18(9-5-2)13(3)17(18)14-6-7-15-16(12-14)20-11-10-19-15/h4-7,12-13,17H,1-2,8-11H2,3H3/q+1/t13-,17-/m0/s1. The minimum absolute atomic E-state index is 0.502. The second-order valence-electron chi connectivity index (χ2n) is 5.63. The summed E-state index contributed by atoms with van der Waals surface area (Å²) in [6, 6.07) is 7.43. The lowest BCUT2D eigenvalue weighted by atomic mass is 10.1. The Morgan fingerprint density at radius 1 is 1.15 bits per heavy atom. The van der Waals surface area contributed by atoms with Gasteiger partial charge in [-0.1, -0.05) is 13.2 Å². The van der Waals surface area contributed by atoms with Gasteiger partial charge in [-0.25, -0.2) is 0 Å². The van der Waals surface area contributed by atoms with Crippen molar-refractivity contribution < 1.29 is 14.0 Å². The molecular formula is C17H22NO2+. The molecule has 106 valence electrons. The predicted octanol–water partition coefficient (Wildman–Crippen LogP) is 3.09. The maximum atomic E-state index is 5.69. The fraction of sp³-hybridized carbons (Fsp3) is 0.412. The lowest BCUT2D eigenvalue weighted by Crippen LogP contribution is -2.29. The molecule has 3 heteroatoms. The Morgan fingerprint density at radius 2 is 1.80 bits per heavy atom. The first-order valence-electron chi connectivity index (χ1n) is 7.20. The molecule has 3 rings (SSSR count). The van der Waals surface area contributed by atoms with Crippen LogP contribution < -0.4 is 9.47 Å². The van der Waals surface area contributed by atoms with Crippen molar-refractivity contribution in [2.45, 2.75) is 19.0 Å². The van der Waals surface area contributed by atoms with E-state index < -0.39 is 0 Å². The Bertz CT molecular complexity index is 528. The molecule has 0 N–H and O–H groups in total. The summed E-state index contributed by atoms with van der Waals surface area (Å²) in [5.41, 5.74) is 1.32. The fourth-order valence-electron chi connectivity index (χ4n) is 3.55. The summed E-state index contributed by atoms with van der Waals surface area (Å²) in [5, 5.41) is 0. The molecule has 2 aliphatic heterocycles. The molecule has 0 spiro atoms. The quantitative estimate of drug-likeness (QED) is 0.466. The number of hydrogen-bond donors (Lipinski definition) is 0. The zero-order valence-corrected chi connectivity index (χ0v) is 12.0. The normalized spacial score (nSPS) is 25.9. The number of nitrogens with zero attached hydrogens (tertiary/aromatic N) is 1. The number of fused-ring (bicyclic) bond motifs is 1. The topological polar surface area (TPSA) is 18.5 Å². The Labute approximate surface area is 120 Å². The Balaban J connectivity index is 1.89. The first-order chi connectivity index (χ1) is 9.73. The van der Waals surface area contributed by atoms with Crippen molar-refractivity contribution in [2.75, 3.05) is 26.3 Å². The largest absolute Gasteiger partial charge is 0.486 e. The van der Waals surface area contributed by atoms with Gasteiger partial charge in [-0.05, 0) is 37.3 Å². The van der Waals surface area contributed by atoms with Crippen LogP contribution in [0.25, 0.3) is 0 Å². The first-order valence-corrected chi connectivity index (χ1v) is 7.20. The highest BCUT2D eigenvalue weighted by atomic mass is 16.6. The second kappa shape index (κ2) is 4.98. The third-order valence-electron chi connectivity index (χ3n) is 4.58. The fourth-order valence-corrected chi connectivity index (χ4v) is 3.55. The van der Waals surface area contributed by atoms with E-state index in [9.17, 15) is 0 Å². The number of ether oxygens (including phenoxy) is 2. The van der Waals surface area contributed by atoms with Crippen molar-refractivity contribution in [3.63, 3.8) is 0 Å². The van der Waals surface area contributed by atoms with Crippen LogP contribution in [0, 0.1) is 0 Å². The van der Waals surface area contributed by atoms with E-state index in [1.54, 1.807) is 0 Å². The van der Waals surface area contributed by atoms with E-state index in [1.807, 2.05) is 18.2 Å². The van der Waals surface area contributed by atoms with Gasteiger partial charge in [-0.2, -0.15) is 0 Å². The lowest BCUT2D eigenvalue weighted by molar-refractivity contribution is -0.816. The van der Waals surface area contributed by atoms with Crippen LogP contribution in [0.3, 0.4) is 0 Å². The first kappa shape index (κ1) is 13.3. The van der Waals surface area contributed by atoms with Crippen LogP contribution >= 0.6 is 0 Å². The van der Waals surface area contributed by atoms with E-state index in [0.29, 0.717) is 25.3 Å². The number of rotatable bonds is 5. The molecule has 0 amide bonds. The average molecular weight is 272 g/mol. The molecule has 3 nitrogen and oxygen atoms in total. The molecule has 20 heavy (non-hydrogen) atoms. The van der Waals surface area contributed by atoms with Gasteiger partial charge in [-0.3, -0.25) is 4.48 Å². The number of quaternary nitrogens is 1. The van der Waals surface area contributed by atoms with Crippen molar-refractivity contribution in [3.05, 3.63) is 49.1 Å². The van der Waals surface area contributed by atoms with E-state index in [4.69, 9.17) is 9.47 Å². The summed E-state index contributed by atoms with van der Waals surface area (Å²) in [4.78, 5) is 0. The van der Waals surface area contributed by atoms with Gasteiger partial charge < -0.3 is 9.47 Å². The summed E-state index contributed by atoms with van der Waals surface area (Å²) >= 11 is 0. The SMILES string of the molecule is C=CC[N+]1(CC=C)[C@H](c2ccc3c(c2)OCCO3)[C@@H]1C. The third kappa shape index (κ3) is 1.93. The summed E-state index contributed by atoms with van der Waals surface area (Å²) in [6.07, 6.45) is 4.02. The van der Waals surface area contributed by atoms with Crippen molar-refractivity contribution in [1.29, 1.82) is 0 Å². The third-order valence-corrected chi connectivity index (χ3v) is 4.58. The zero-order chi connectivity index (χ0) is 14.2. The summed E-state index contributed by atoms with van der Waals surface area (Å²) in [7, 11) is 0. The molecule has 0 radical (unpaired) electrons. The number of hydrogen-bond acceptors (Lipinski definition) is 2. The molecule has 0 saturated carbocycles. The summed E-state index contributed by atoms with van der Waals surface area (Å²) in [5.74, 6) is 1.74. The molecule has 1 saturated heterocycles. The van der Waals surface area contributed by atoms with E-state index in [-0.39, 0.29) is 0 Å². The molecule has 1 aromatic rings. The minimum atomic E-state index is 0.502. The van der Waals surface area contributed by atoms with Crippen LogP contribution in [0.15, 0.2) is 43.5 Å². The Morgan fingerprint density at radius 3 is 2.45 bits per heavy atom. The molecule has 2 aliphatic rings. The molecule has 0 aliphatic carbocycles.